The number of hydrogen-bond donors (Lipinski definition) is 2. The molecule has 0 fully saturated rings. The smallest absolute Gasteiger partial charge is 0.265 e. The number of nitrogens with one attached hydrogen (secondary N) is 2. The molecule has 0 saturated carbocycles. The number of ether oxygens (including phenoxy) is 1. The zero-order valence-corrected chi connectivity index (χ0v) is 18.4. The average molecular weight is 417 g/mol. The second-order valence-corrected chi connectivity index (χ2v) is 7.67. The fourth-order valence-corrected chi connectivity index (χ4v) is 3.27. The summed E-state index contributed by atoms with van der Waals surface area (Å²) in [7, 11) is 0. The highest BCUT2D eigenvalue weighted by Gasteiger charge is 2.19. The van der Waals surface area contributed by atoms with Crippen molar-refractivity contribution in [3.8, 4) is 5.75 Å². The highest BCUT2D eigenvalue weighted by molar-refractivity contribution is 6.04. The lowest BCUT2D eigenvalue weighted by Gasteiger charge is -2.19. The van der Waals surface area contributed by atoms with Gasteiger partial charge in [-0.05, 0) is 68.1 Å². The van der Waals surface area contributed by atoms with Crippen LogP contribution in [-0.4, -0.2) is 17.9 Å². The first-order chi connectivity index (χ1) is 14.8. The summed E-state index contributed by atoms with van der Waals surface area (Å²) in [5.41, 5.74) is 5.05. The van der Waals surface area contributed by atoms with Gasteiger partial charge in [0.15, 0.2) is 6.10 Å². The van der Waals surface area contributed by atoms with Crippen molar-refractivity contribution >= 4 is 17.5 Å². The van der Waals surface area contributed by atoms with E-state index in [9.17, 15) is 9.59 Å². The standard InChI is InChI=1S/C26H28N2O3/c1-17-14-18(2)19(3)24(15-17)31-20(4)25(29)28-23-13-9-8-12-22(23)26(30)27-16-21-10-6-5-7-11-21/h5-15,20H,16H2,1-4H3,(H,27,30)(H,28,29)/t20-/m1/s1. The summed E-state index contributed by atoms with van der Waals surface area (Å²) in [5, 5.41) is 5.73. The molecule has 31 heavy (non-hydrogen) atoms. The predicted octanol–water partition coefficient (Wildman–Crippen LogP) is 4.95. The van der Waals surface area contributed by atoms with Crippen LogP contribution in [0, 0.1) is 20.8 Å². The largest absolute Gasteiger partial charge is 0.481 e. The van der Waals surface area contributed by atoms with Crippen molar-refractivity contribution in [1.82, 2.24) is 5.32 Å². The van der Waals surface area contributed by atoms with Crippen LogP contribution in [0.2, 0.25) is 0 Å². The number of amides is 2. The molecule has 1 atom stereocenters. The number of para-hydroxylation sites is 1. The van der Waals surface area contributed by atoms with Crippen molar-refractivity contribution in [2.24, 2.45) is 0 Å². The van der Waals surface area contributed by atoms with Gasteiger partial charge in [-0.25, -0.2) is 0 Å². The second kappa shape index (κ2) is 9.94. The van der Waals surface area contributed by atoms with E-state index in [0.29, 0.717) is 23.5 Å². The molecular formula is C26H28N2O3. The van der Waals surface area contributed by atoms with Crippen molar-refractivity contribution in [2.75, 3.05) is 5.32 Å². The molecule has 0 unspecified atom stereocenters. The topological polar surface area (TPSA) is 67.4 Å². The van der Waals surface area contributed by atoms with E-state index in [4.69, 9.17) is 4.74 Å². The van der Waals surface area contributed by atoms with Gasteiger partial charge in [-0.3, -0.25) is 9.59 Å². The summed E-state index contributed by atoms with van der Waals surface area (Å²) in [6, 6.07) is 20.6. The fraction of sp³-hybridized carbons (Fsp3) is 0.231. The first kappa shape index (κ1) is 22.1. The van der Waals surface area contributed by atoms with E-state index in [0.717, 1.165) is 22.3 Å². The lowest BCUT2D eigenvalue weighted by atomic mass is 10.1. The lowest BCUT2D eigenvalue weighted by Crippen LogP contribution is -2.32. The van der Waals surface area contributed by atoms with Crippen LogP contribution in [0.25, 0.3) is 0 Å². The molecule has 5 heteroatoms. The molecule has 0 aliphatic rings. The van der Waals surface area contributed by atoms with Crippen molar-refractivity contribution in [3.63, 3.8) is 0 Å². The number of carbonyl (C=O) groups excluding carboxylic acids is 2. The van der Waals surface area contributed by atoms with Gasteiger partial charge < -0.3 is 15.4 Å². The second-order valence-electron chi connectivity index (χ2n) is 7.67. The van der Waals surface area contributed by atoms with Crippen molar-refractivity contribution in [3.05, 3.63) is 94.5 Å². The number of aryl methyl sites for hydroxylation is 2. The first-order valence-corrected chi connectivity index (χ1v) is 10.3. The highest BCUT2D eigenvalue weighted by Crippen LogP contribution is 2.25. The Labute approximate surface area is 183 Å². The first-order valence-electron chi connectivity index (χ1n) is 10.3. The summed E-state index contributed by atoms with van der Waals surface area (Å²) in [6.07, 6.45) is -0.722. The van der Waals surface area contributed by atoms with E-state index in [1.165, 1.54) is 0 Å². The van der Waals surface area contributed by atoms with Gasteiger partial charge in [0.2, 0.25) is 0 Å². The van der Waals surface area contributed by atoms with Gasteiger partial charge in [0, 0.05) is 6.54 Å². The SMILES string of the molecule is Cc1cc(C)c(C)c(O[C@H](C)C(=O)Nc2ccccc2C(=O)NCc2ccccc2)c1. The number of anilines is 1. The van der Waals surface area contributed by atoms with Gasteiger partial charge in [0.05, 0.1) is 11.3 Å². The Balaban J connectivity index is 1.68. The molecule has 0 radical (unpaired) electrons. The molecule has 0 aliphatic carbocycles. The number of benzene rings is 3. The maximum absolute atomic E-state index is 12.8. The Morgan fingerprint density at radius 3 is 2.35 bits per heavy atom. The Hall–Kier alpha value is -3.60. The predicted molar refractivity (Wildman–Crippen MR) is 123 cm³/mol. The van der Waals surface area contributed by atoms with Crippen LogP contribution in [0.1, 0.15) is 39.5 Å². The minimum absolute atomic E-state index is 0.251. The average Bonchev–Trinajstić information content (AvgIpc) is 2.76. The van der Waals surface area contributed by atoms with Gasteiger partial charge in [0.1, 0.15) is 5.75 Å². The van der Waals surface area contributed by atoms with Gasteiger partial charge in [0.25, 0.3) is 11.8 Å². The van der Waals surface area contributed by atoms with E-state index in [1.54, 1.807) is 31.2 Å². The third-order valence-electron chi connectivity index (χ3n) is 5.16. The Bertz CT molecular complexity index is 1080. The zero-order valence-electron chi connectivity index (χ0n) is 18.4. The quantitative estimate of drug-likeness (QED) is 0.573. The molecule has 3 aromatic rings. The fourth-order valence-electron chi connectivity index (χ4n) is 3.27. The Kier molecular flexibility index (Phi) is 7.08. The summed E-state index contributed by atoms with van der Waals surface area (Å²) in [6.45, 7) is 8.09. The van der Waals surface area contributed by atoms with E-state index in [2.05, 4.69) is 16.7 Å². The summed E-state index contributed by atoms with van der Waals surface area (Å²) in [4.78, 5) is 25.5. The minimum Gasteiger partial charge on any atom is -0.481 e. The minimum atomic E-state index is -0.722. The summed E-state index contributed by atoms with van der Waals surface area (Å²) < 4.78 is 5.93. The molecule has 3 aromatic carbocycles. The monoisotopic (exact) mass is 416 g/mol. The molecule has 2 amide bonds. The molecule has 5 nitrogen and oxygen atoms in total. The van der Waals surface area contributed by atoms with Crippen LogP contribution in [-0.2, 0) is 11.3 Å². The van der Waals surface area contributed by atoms with Gasteiger partial charge in [-0.1, -0.05) is 48.5 Å². The van der Waals surface area contributed by atoms with Crippen LogP contribution in [0.5, 0.6) is 5.75 Å². The van der Waals surface area contributed by atoms with Gasteiger partial charge in [-0.15, -0.1) is 0 Å². The number of carbonyl (C=O) groups is 2. The third-order valence-corrected chi connectivity index (χ3v) is 5.16. The van der Waals surface area contributed by atoms with Crippen LogP contribution in [0.4, 0.5) is 5.69 Å². The Morgan fingerprint density at radius 1 is 0.935 bits per heavy atom. The van der Waals surface area contributed by atoms with Crippen LogP contribution < -0.4 is 15.4 Å². The zero-order chi connectivity index (χ0) is 22.4. The maximum atomic E-state index is 12.8. The number of hydrogen-bond acceptors (Lipinski definition) is 3. The van der Waals surface area contributed by atoms with Crippen LogP contribution >= 0.6 is 0 Å². The maximum Gasteiger partial charge on any atom is 0.265 e. The molecule has 2 N–H and O–H groups in total. The summed E-state index contributed by atoms with van der Waals surface area (Å²) >= 11 is 0. The molecule has 0 heterocycles. The van der Waals surface area contributed by atoms with E-state index < -0.39 is 6.10 Å². The van der Waals surface area contributed by atoms with Crippen LogP contribution in [0.15, 0.2) is 66.7 Å². The van der Waals surface area contributed by atoms with Gasteiger partial charge >= 0.3 is 0 Å². The van der Waals surface area contributed by atoms with E-state index >= 15 is 0 Å². The lowest BCUT2D eigenvalue weighted by molar-refractivity contribution is -0.122. The molecule has 160 valence electrons. The molecule has 0 aliphatic heterocycles. The van der Waals surface area contributed by atoms with Gasteiger partial charge in [-0.2, -0.15) is 0 Å². The molecule has 0 spiro atoms. The number of rotatable bonds is 7. The van der Waals surface area contributed by atoms with E-state index in [1.807, 2.05) is 57.2 Å². The molecule has 0 saturated heterocycles. The molecule has 3 rings (SSSR count). The third kappa shape index (κ3) is 5.72. The van der Waals surface area contributed by atoms with Crippen molar-refractivity contribution < 1.29 is 14.3 Å². The summed E-state index contributed by atoms with van der Waals surface area (Å²) in [5.74, 6) is 0.120. The van der Waals surface area contributed by atoms with Crippen molar-refractivity contribution in [1.29, 1.82) is 0 Å². The Morgan fingerprint density at radius 2 is 1.61 bits per heavy atom. The van der Waals surface area contributed by atoms with Crippen LogP contribution in [0.3, 0.4) is 0 Å². The highest BCUT2D eigenvalue weighted by atomic mass is 16.5. The normalized spacial score (nSPS) is 11.5. The van der Waals surface area contributed by atoms with E-state index in [-0.39, 0.29) is 11.8 Å². The molecular weight excluding hydrogens is 388 g/mol. The molecule has 0 bridgehead atoms. The molecule has 0 aromatic heterocycles. The van der Waals surface area contributed by atoms with Crippen molar-refractivity contribution in [2.45, 2.75) is 40.3 Å².